The van der Waals surface area contributed by atoms with Gasteiger partial charge < -0.3 is 19.1 Å². The molecule has 0 unspecified atom stereocenters. The number of hydrogen-bond acceptors (Lipinski definition) is 7. The molecule has 2 aromatic rings. The van der Waals surface area contributed by atoms with Crippen molar-refractivity contribution < 1.29 is 32.2 Å². The van der Waals surface area contributed by atoms with Gasteiger partial charge >= 0.3 is 5.97 Å². The van der Waals surface area contributed by atoms with Gasteiger partial charge in [0.05, 0.1) is 30.8 Å². The molecule has 0 aliphatic carbocycles. The second-order valence-electron chi connectivity index (χ2n) is 8.14. The van der Waals surface area contributed by atoms with E-state index in [4.69, 9.17) is 14.2 Å². The quantitative estimate of drug-likeness (QED) is 0.322. The van der Waals surface area contributed by atoms with Gasteiger partial charge in [-0.15, -0.1) is 0 Å². The SMILES string of the molecule is CCOC(=O)c1ccc(CN(C)C(=O)COCCN(C)S(=O)(=O)c2c(C)cc(OC)cc2C)cc1. The summed E-state index contributed by atoms with van der Waals surface area (Å²) in [5.74, 6) is -0.0319. The van der Waals surface area contributed by atoms with Gasteiger partial charge in [-0.05, 0) is 61.7 Å². The van der Waals surface area contributed by atoms with Crippen molar-refractivity contribution in [1.29, 1.82) is 0 Å². The first-order valence-electron chi connectivity index (χ1n) is 11.2. The van der Waals surface area contributed by atoms with Crippen LogP contribution >= 0.6 is 0 Å². The second kappa shape index (κ2) is 12.7. The summed E-state index contributed by atoms with van der Waals surface area (Å²) in [6, 6.07) is 10.2. The van der Waals surface area contributed by atoms with E-state index in [0.29, 0.717) is 35.6 Å². The van der Waals surface area contributed by atoms with E-state index in [9.17, 15) is 18.0 Å². The average molecular weight is 507 g/mol. The number of nitrogens with zero attached hydrogens (tertiary/aromatic N) is 2. The van der Waals surface area contributed by atoms with Crippen LogP contribution < -0.4 is 4.74 Å². The summed E-state index contributed by atoms with van der Waals surface area (Å²) in [7, 11) is 0.939. The smallest absolute Gasteiger partial charge is 0.338 e. The van der Waals surface area contributed by atoms with Crippen LogP contribution in [-0.4, -0.2) is 77.1 Å². The Kier molecular flexibility index (Phi) is 10.2. The molecule has 0 saturated heterocycles. The number of aryl methyl sites for hydroxylation is 2. The molecule has 0 aliphatic rings. The van der Waals surface area contributed by atoms with Crippen LogP contribution in [0.1, 0.15) is 34.0 Å². The van der Waals surface area contributed by atoms with Crippen LogP contribution in [0.5, 0.6) is 5.75 Å². The average Bonchev–Trinajstić information content (AvgIpc) is 2.81. The number of rotatable bonds is 12. The Morgan fingerprint density at radius 2 is 1.60 bits per heavy atom. The number of amides is 1. The van der Waals surface area contributed by atoms with Gasteiger partial charge in [-0.3, -0.25) is 4.79 Å². The maximum absolute atomic E-state index is 13.0. The minimum atomic E-state index is -3.73. The minimum absolute atomic E-state index is 0.0673. The number of carbonyl (C=O) groups is 2. The van der Waals surface area contributed by atoms with Gasteiger partial charge in [0.1, 0.15) is 12.4 Å². The Labute approximate surface area is 207 Å². The van der Waals surface area contributed by atoms with Crippen molar-refractivity contribution in [3.05, 3.63) is 58.7 Å². The highest BCUT2D eigenvalue weighted by Crippen LogP contribution is 2.27. The van der Waals surface area contributed by atoms with Gasteiger partial charge in [-0.1, -0.05) is 12.1 Å². The number of likely N-dealkylation sites (N-methyl/N-ethyl adjacent to an activating group) is 2. The molecule has 2 rings (SSSR count). The van der Waals surface area contributed by atoms with Gasteiger partial charge in [0.25, 0.3) is 0 Å². The van der Waals surface area contributed by atoms with Gasteiger partial charge in [0, 0.05) is 27.2 Å². The van der Waals surface area contributed by atoms with Crippen LogP contribution in [0.15, 0.2) is 41.3 Å². The first-order chi connectivity index (χ1) is 16.5. The van der Waals surface area contributed by atoms with E-state index in [1.54, 1.807) is 64.2 Å². The Bertz CT molecular complexity index is 1110. The summed E-state index contributed by atoms with van der Waals surface area (Å²) in [4.78, 5) is 25.9. The summed E-state index contributed by atoms with van der Waals surface area (Å²) in [5, 5.41) is 0. The fourth-order valence-electron chi connectivity index (χ4n) is 3.50. The zero-order valence-corrected chi connectivity index (χ0v) is 22.0. The molecule has 0 spiro atoms. The summed E-state index contributed by atoms with van der Waals surface area (Å²) >= 11 is 0. The predicted octanol–water partition coefficient (Wildman–Crippen LogP) is 2.78. The topological polar surface area (TPSA) is 102 Å². The number of methoxy groups -OCH3 is 1. The normalized spacial score (nSPS) is 11.4. The predicted molar refractivity (Wildman–Crippen MR) is 132 cm³/mol. The standard InChI is InChI=1S/C25H34N2O7S/c1-7-34-25(29)21-10-8-20(9-11-21)16-26(4)23(28)17-33-13-12-27(5)35(30,31)24-18(2)14-22(32-6)15-19(24)3/h8-11,14-15H,7,12-13,16-17H2,1-6H3. The van der Waals surface area contributed by atoms with Crippen molar-refractivity contribution in [3.63, 3.8) is 0 Å². The highest BCUT2D eigenvalue weighted by atomic mass is 32.2. The lowest BCUT2D eigenvalue weighted by atomic mass is 10.1. The third-order valence-electron chi connectivity index (χ3n) is 5.42. The van der Waals surface area contributed by atoms with E-state index in [2.05, 4.69) is 0 Å². The Balaban J connectivity index is 1.85. The van der Waals surface area contributed by atoms with Crippen LogP contribution in [0, 0.1) is 13.8 Å². The van der Waals surface area contributed by atoms with Crippen LogP contribution in [0.3, 0.4) is 0 Å². The molecule has 192 valence electrons. The Hall–Kier alpha value is -2.95. The van der Waals surface area contributed by atoms with E-state index in [1.165, 1.54) is 23.4 Å². The third-order valence-corrected chi connectivity index (χ3v) is 7.59. The van der Waals surface area contributed by atoms with E-state index in [-0.39, 0.29) is 36.5 Å². The number of benzene rings is 2. The Morgan fingerprint density at radius 1 is 1.00 bits per heavy atom. The van der Waals surface area contributed by atoms with E-state index in [1.807, 2.05) is 0 Å². The van der Waals surface area contributed by atoms with Gasteiger partial charge in [0.15, 0.2) is 0 Å². The fraction of sp³-hybridized carbons (Fsp3) is 0.440. The molecule has 1 amide bonds. The fourth-order valence-corrected chi connectivity index (χ4v) is 5.05. The molecule has 2 aromatic carbocycles. The summed E-state index contributed by atoms with van der Waals surface area (Å²) in [5.41, 5.74) is 2.50. The van der Waals surface area contributed by atoms with Crippen LogP contribution in [0.25, 0.3) is 0 Å². The first-order valence-corrected chi connectivity index (χ1v) is 12.6. The highest BCUT2D eigenvalue weighted by Gasteiger charge is 2.25. The molecule has 0 radical (unpaired) electrons. The number of ether oxygens (including phenoxy) is 3. The molecule has 0 saturated carbocycles. The summed E-state index contributed by atoms with van der Waals surface area (Å²) in [6.45, 7) is 5.84. The molecule has 10 heteroatoms. The lowest BCUT2D eigenvalue weighted by molar-refractivity contribution is -0.135. The largest absolute Gasteiger partial charge is 0.497 e. The van der Waals surface area contributed by atoms with Crippen LogP contribution in [0.2, 0.25) is 0 Å². The van der Waals surface area contributed by atoms with Crippen molar-refractivity contribution in [2.24, 2.45) is 0 Å². The number of carbonyl (C=O) groups excluding carboxylic acids is 2. The van der Waals surface area contributed by atoms with Crippen molar-refractivity contribution in [2.45, 2.75) is 32.2 Å². The monoisotopic (exact) mass is 506 g/mol. The van der Waals surface area contributed by atoms with Crippen molar-refractivity contribution in [3.8, 4) is 5.75 Å². The van der Waals surface area contributed by atoms with Gasteiger partial charge in [0.2, 0.25) is 15.9 Å². The molecule has 0 aromatic heterocycles. The van der Waals surface area contributed by atoms with E-state index in [0.717, 1.165) is 5.56 Å². The molecule has 9 nitrogen and oxygen atoms in total. The van der Waals surface area contributed by atoms with Crippen molar-refractivity contribution in [1.82, 2.24) is 9.21 Å². The molecule has 35 heavy (non-hydrogen) atoms. The van der Waals surface area contributed by atoms with Gasteiger partial charge in [-0.2, -0.15) is 4.31 Å². The van der Waals surface area contributed by atoms with Crippen LogP contribution in [0.4, 0.5) is 0 Å². The number of esters is 1. The molecule has 0 bridgehead atoms. The molecule has 0 aliphatic heterocycles. The zero-order valence-electron chi connectivity index (χ0n) is 21.2. The maximum Gasteiger partial charge on any atom is 0.338 e. The lowest BCUT2D eigenvalue weighted by Gasteiger charge is -2.21. The highest BCUT2D eigenvalue weighted by molar-refractivity contribution is 7.89. The molecular formula is C25H34N2O7S. The summed E-state index contributed by atoms with van der Waals surface area (Å²) < 4.78 is 42.9. The molecule has 0 heterocycles. The van der Waals surface area contributed by atoms with Crippen molar-refractivity contribution >= 4 is 21.9 Å². The van der Waals surface area contributed by atoms with Gasteiger partial charge in [-0.25, -0.2) is 13.2 Å². The Morgan fingerprint density at radius 3 is 2.14 bits per heavy atom. The number of hydrogen-bond donors (Lipinski definition) is 0. The third kappa shape index (κ3) is 7.51. The molecule has 0 fully saturated rings. The lowest BCUT2D eigenvalue weighted by Crippen LogP contribution is -2.33. The van der Waals surface area contributed by atoms with E-state index < -0.39 is 10.0 Å². The molecule has 0 atom stereocenters. The maximum atomic E-state index is 13.0. The van der Waals surface area contributed by atoms with Crippen molar-refractivity contribution in [2.75, 3.05) is 47.6 Å². The van der Waals surface area contributed by atoms with Crippen LogP contribution in [-0.2, 0) is 30.8 Å². The minimum Gasteiger partial charge on any atom is -0.497 e. The number of sulfonamides is 1. The second-order valence-corrected chi connectivity index (χ2v) is 10.1. The molecule has 0 N–H and O–H groups in total. The summed E-state index contributed by atoms with van der Waals surface area (Å²) in [6.07, 6.45) is 0. The first kappa shape index (κ1) is 28.3. The molecular weight excluding hydrogens is 472 g/mol. The van der Waals surface area contributed by atoms with E-state index >= 15 is 0 Å². The zero-order chi connectivity index (χ0) is 26.2.